The molecular formula is C27H32Cl2F3N5O2. The highest BCUT2D eigenvalue weighted by Gasteiger charge is 2.33. The van der Waals surface area contributed by atoms with Crippen LogP contribution in [0.4, 0.5) is 24.5 Å². The Labute approximate surface area is 236 Å². The maximum Gasteiger partial charge on any atom is 0.393 e. The van der Waals surface area contributed by atoms with Crippen LogP contribution in [0, 0.1) is 0 Å². The Bertz CT molecular complexity index is 1240. The molecule has 0 saturated carbocycles. The number of halogens is 5. The zero-order valence-corrected chi connectivity index (χ0v) is 23.7. The third kappa shape index (κ3) is 8.71. The molecule has 7 nitrogen and oxygen atoms in total. The Balaban J connectivity index is 0.00000260. The molecule has 3 rings (SSSR count). The van der Waals surface area contributed by atoms with Crippen LogP contribution in [0.2, 0.25) is 10.0 Å². The average molecular weight is 586 g/mol. The van der Waals surface area contributed by atoms with E-state index in [4.69, 9.17) is 28.9 Å². The monoisotopic (exact) mass is 585 g/mol. The maximum absolute atomic E-state index is 13.6. The van der Waals surface area contributed by atoms with Gasteiger partial charge in [-0.1, -0.05) is 50.9 Å². The minimum Gasteiger partial charge on any atom is -0.401 e. The van der Waals surface area contributed by atoms with Crippen LogP contribution in [0.1, 0.15) is 51.7 Å². The molecule has 39 heavy (non-hydrogen) atoms. The minimum absolute atomic E-state index is 0.0378. The molecule has 0 radical (unpaired) electrons. The number of hydrogen-bond donors (Lipinski definition) is 3. The number of amides is 2. The Hall–Kier alpha value is -3.08. The molecule has 0 bridgehead atoms. The number of nitrogens with one attached hydrogen (secondary N) is 2. The quantitative estimate of drug-likeness (QED) is 0.306. The summed E-state index contributed by atoms with van der Waals surface area (Å²) in [6.07, 6.45) is -0.551. The summed E-state index contributed by atoms with van der Waals surface area (Å²) in [6.45, 7) is 9.08. The summed E-state index contributed by atoms with van der Waals surface area (Å²) in [7, 11) is 0. The number of carbonyl (C=O) groups is 2. The molecular weight excluding hydrogens is 554 g/mol. The molecule has 212 valence electrons. The molecule has 1 aromatic heterocycles. The van der Waals surface area contributed by atoms with Crippen molar-refractivity contribution in [1.29, 1.82) is 0 Å². The van der Waals surface area contributed by atoms with Gasteiger partial charge in [0.25, 0.3) is 11.8 Å². The Morgan fingerprint density at radius 2 is 1.74 bits per heavy atom. The lowest BCUT2D eigenvalue weighted by molar-refractivity contribution is -0.127. The standard InChI is InChI=1S/C25H26Cl2F3N5O2.C2H6/c1-3-14-8-20(31)21(23(36)34-17-5-16(10-32-4-2)11-33-12-17)24(37)35(13-14)22-18(26)6-15(7-19(22)27)9-25(28,29)30;1-2/h5-7,11-13,32H,3-4,8-10,31H2,1-2H3,(H,34,36);1-2H3. The number of hydrogen-bond acceptors (Lipinski definition) is 5. The predicted octanol–water partition coefficient (Wildman–Crippen LogP) is 6.51. The molecule has 0 spiro atoms. The molecule has 2 amide bonds. The molecule has 1 aromatic carbocycles. The first kappa shape index (κ1) is 32.1. The molecule has 2 heterocycles. The minimum atomic E-state index is -4.47. The number of nitrogens with two attached hydrogens (primary N) is 1. The van der Waals surface area contributed by atoms with Crippen molar-refractivity contribution in [3.8, 4) is 0 Å². The number of rotatable bonds is 8. The smallest absolute Gasteiger partial charge is 0.393 e. The van der Waals surface area contributed by atoms with Crippen LogP contribution >= 0.6 is 23.2 Å². The summed E-state index contributed by atoms with van der Waals surface area (Å²) in [5, 5.41) is 5.47. The van der Waals surface area contributed by atoms with E-state index in [9.17, 15) is 22.8 Å². The highest BCUT2D eigenvalue weighted by molar-refractivity contribution is 6.41. The van der Waals surface area contributed by atoms with Crippen molar-refractivity contribution in [2.24, 2.45) is 5.73 Å². The highest BCUT2D eigenvalue weighted by Crippen LogP contribution is 2.39. The lowest BCUT2D eigenvalue weighted by Crippen LogP contribution is -2.34. The topological polar surface area (TPSA) is 100 Å². The van der Waals surface area contributed by atoms with Crippen molar-refractivity contribution in [2.45, 2.75) is 59.7 Å². The zero-order valence-electron chi connectivity index (χ0n) is 22.2. The summed E-state index contributed by atoms with van der Waals surface area (Å²) >= 11 is 12.6. The van der Waals surface area contributed by atoms with Crippen molar-refractivity contribution in [3.63, 3.8) is 0 Å². The molecule has 0 saturated heterocycles. The van der Waals surface area contributed by atoms with E-state index >= 15 is 0 Å². The van der Waals surface area contributed by atoms with Gasteiger partial charge in [-0.25, -0.2) is 0 Å². The first-order valence-electron chi connectivity index (χ1n) is 12.5. The van der Waals surface area contributed by atoms with E-state index in [-0.39, 0.29) is 39.0 Å². The Morgan fingerprint density at radius 1 is 1.10 bits per heavy atom. The molecule has 0 fully saturated rings. The van der Waals surface area contributed by atoms with E-state index < -0.39 is 24.4 Å². The number of benzene rings is 1. The van der Waals surface area contributed by atoms with Crippen molar-refractivity contribution in [3.05, 3.63) is 74.8 Å². The number of nitrogens with zero attached hydrogens (tertiary/aromatic N) is 2. The molecule has 1 aliphatic rings. The fraction of sp³-hybridized carbons (Fsp3) is 0.370. The number of allylic oxidation sites excluding steroid dienone is 1. The molecule has 0 unspecified atom stereocenters. The van der Waals surface area contributed by atoms with Gasteiger partial charge >= 0.3 is 6.18 Å². The van der Waals surface area contributed by atoms with Crippen LogP contribution in [0.3, 0.4) is 0 Å². The van der Waals surface area contributed by atoms with E-state index in [1.165, 1.54) is 12.4 Å². The van der Waals surface area contributed by atoms with E-state index in [1.807, 2.05) is 27.7 Å². The van der Waals surface area contributed by atoms with Crippen LogP contribution in [0.25, 0.3) is 0 Å². The zero-order chi connectivity index (χ0) is 29.3. The SMILES string of the molecule is CC.CCNCc1cncc(NC(=O)C2=C(N)CC(CC)=CN(c3c(Cl)cc(CC(F)(F)F)cc3Cl)C2=O)c1. The van der Waals surface area contributed by atoms with E-state index in [0.29, 0.717) is 24.2 Å². The molecule has 4 N–H and O–H groups in total. The second-order valence-electron chi connectivity index (χ2n) is 8.41. The number of carbonyl (C=O) groups excluding carboxylic acids is 2. The van der Waals surface area contributed by atoms with Gasteiger partial charge in [-0.05, 0) is 47.9 Å². The summed E-state index contributed by atoms with van der Waals surface area (Å²) < 4.78 is 38.7. The van der Waals surface area contributed by atoms with Crippen molar-refractivity contribution >= 4 is 46.4 Å². The number of alkyl halides is 3. The third-order valence-electron chi connectivity index (χ3n) is 5.52. The average Bonchev–Trinajstić information content (AvgIpc) is 2.98. The maximum atomic E-state index is 13.6. The first-order valence-corrected chi connectivity index (χ1v) is 13.2. The van der Waals surface area contributed by atoms with Gasteiger partial charge in [-0.3, -0.25) is 19.5 Å². The van der Waals surface area contributed by atoms with Crippen LogP contribution in [0.15, 0.2) is 53.6 Å². The summed E-state index contributed by atoms with van der Waals surface area (Å²) in [4.78, 5) is 32.1. The third-order valence-corrected chi connectivity index (χ3v) is 6.09. The number of aromatic nitrogens is 1. The van der Waals surface area contributed by atoms with Gasteiger partial charge in [-0.2, -0.15) is 13.2 Å². The van der Waals surface area contributed by atoms with Gasteiger partial charge in [0.2, 0.25) is 0 Å². The molecule has 0 aliphatic carbocycles. The number of anilines is 2. The Morgan fingerprint density at radius 3 is 2.31 bits per heavy atom. The van der Waals surface area contributed by atoms with Gasteiger partial charge in [0.05, 0.1) is 34.0 Å². The Kier molecular flexibility index (Phi) is 11.8. The summed E-state index contributed by atoms with van der Waals surface area (Å²) in [5.41, 5.74) is 7.59. The second-order valence-corrected chi connectivity index (χ2v) is 9.22. The highest BCUT2D eigenvalue weighted by atomic mass is 35.5. The van der Waals surface area contributed by atoms with E-state index in [0.717, 1.165) is 29.1 Å². The largest absolute Gasteiger partial charge is 0.401 e. The molecule has 1 aliphatic heterocycles. The van der Waals surface area contributed by atoms with Crippen LogP contribution in [-0.4, -0.2) is 29.5 Å². The van der Waals surface area contributed by atoms with E-state index in [1.54, 1.807) is 12.3 Å². The predicted molar refractivity (Wildman–Crippen MR) is 150 cm³/mol. The van der Waals surface area contributed by atoms with Gasteiger partial charge in [0, 0.05) is 31.1 Å². The van der Waals surface area contributed by atoms with E-state index in [2.05, 4.69) is 15.6 Å². The van der Waals surface area contributed by atoms with Gasteiger partial charge < -0.3 is 16.4 Å². The van der Waals surface area contributed by atoms with Crippen LogP contribution in [0.5, 0.6) is 0 Å². The van der Waals surface area contributed by atoms with Crippen molar-refractivity contribution < 1.29 is 22.8 Å². The van der Waals surface area contributed by atoms with Gasteiger partial charge in [0.1, 0.15) is 5.57 Å². The molecule has 2 aromatic rings. The van der Waals surface area contributed by atoms with Crippen LogP contribution < -0.4 is 21.3 Å². The molecule has 0 atom stereocenters. The van der Waals surface area contributed by atoms with Gasteiger partial charge in [-0.15, -0.1) is 0 Å². The second kappa shape index (κ2) is 14.3. The fourth-order valence-electron chi connectivity index (χ4n) is 3.80. The normalized spacial score (nSPS) is 13.9. The summed E-state index contributed by atoms with van der Waals surface area (Å²) in [5.74, 6) is -1.58. The fourth-order valence-corrected chi connectivity index (χ4v) is 4.51. The number of pyridine rings is 1. The van der Waals surface area contributed by atoms with Gasteiger partial charge in [0.15, 0.2) is 0 Å². The van der Waals surface area contributed by atoms with Crippen molar-refractivity contribution in [2.75, 3.05) is 16.8 Å². The lowest BCUT2D eigenvalue weighted by atomic mass is 10.1. The van der Waals surface area contributed by atoms with Crippen molar-refractivity contribution in [1.82, 2.24) is 10.3 Å². The first-order chi connectivity index (χ1) is 18.4. The van der Waals surface area contributed by atoms with Crippen LogP contribution in [-0.2, 0) is 22.6 Å². The lowest BCUT2D eigenvalue weighted by Gasteiger charge is -2.23. The summed E-state index contributed by atoms with van der Waals surface area (Å²) in [6, 6.07) is 3.91. The molecule has 12 heteroatoms.